The second kappa shape index (κ2) is 3.23. The molecule has 0 bridgehead atoms. The van der Waals surface area contributed by atoms with Gasteiger partial charge in [0.1, 0.15) is 17.4 Å². The van der Waals surface area contributed by atoms with Crippen LogP contribution in [0.5, 0.6) is 0 Å². The lowest BCUT2D eigenvalue weighted by molar-refractivity contribution is 0.302. The SMILES string of the molecule is O=c1[nH]cnc2c1N(CO)C=CS2. The molecule has 0 aromatic carbocycles. The molecule has 5 nitrogen and oxygen atoms in total. The van der Waals surface area contributed by atoms with E-state index in [0.717, 1.165) is 0 Å². The Balaban J connectivity index is 2.58. The minimum atomic E-state index is -0.240. The number of aromatic amines is 1. The van der Waals surface area contributed by atoms with Crippen LogP contribution in [-0.4, -0.2) is 21.8 Å². The minimum Gasteiger partial charge on any atom is -0.376 e. The van der Waals surface area contributed by atoms with Crippen molar-refractivity contribution in [3.05, 3.63) is 28.3 Å². The second-order valence-corrected chi connectivity index (χ2v) is 3.29. The molecule has 0 unspecified atom stereocenters. The van der Waals surface area contributed by atoms with Crippen molar-refractivity contribution in [2.45, 2.75) is 5.03 Å². The van der Waals surface area contributed by atoms with Gasteiger partial charge in [0.25, 0.3) is 5.56 Å². The number of anilines is 1. The van der Waals surface area contributed by atoms with E-state index in [9.17, 15) is 4.79 Å². The van der Waals surface area contributed by atoms with Crippen molar-refractivity contribution in [1.29, 1.82) is 0 Å². The summed E-state index contributed by atoms with van der Waals surface area (Å²) in [6, 6.07) is 0. The molecule has 2 N–H and O–H groups in total. The lowest BCUT2D eigenvalue weighted by Crippen LogP contribution is -2.27. The van der Waals surface area contributed by atoms with Crippen LogP contribution in [0.4, 0.5) is 5.69 Å². The molecule has 1 aliphatic rings. The summed E-state index contributed by atoms with van der Waals surface area (Å²) >= 11 is 1.36. The number of nitrogens with one attached hydrogen (secondary N) is 1. The number of thioether (sulfide) groups is 1. The Kier molecular flexibility index (Phi) is 2.07. The average molecular weight is 197 g/mol. The monoisotopic (exact) mass is 197 g/mol. The molecule has 1 aromatic rings. The zero-order chi connectivity index (χ0) is 9.26. The number of hydrogen-bond acceptors (Lipinski definition) is 5. The van der Waals surface area contributed by atoms with Crippen LogP contribution in [-0.2, 0) is 0 Å². The summed E-state index contributed by atoms with van der Waals surface area (Å²) in [6.45, 7) is -0.223. The van der Waals surface area contributed by atoms with Gasteiger partial charge >= 0.3 is 0 Å². The standard InChI is InChI=1S/C7H7N3O2S/c11-4-10-1-2-13-7-5(10)6(12)8-3-9-7/h1-3,11H,4H2,(H,8,9,12). The number of H-pyrrole nitrogens is 1. The molecule has 0 radical (unpaired) electrons. The van der Waals surface area contributed by atoms with Crippen molar-refractivity contribution in [1.82, 2.24) is 9.97 Å². The molecule has 0 saturated heterocycles. The van der Waals surface area contributed by atoms with E-state index >= 15 is 0 Å². The predicted molar refractivity (Wildman–Crippen MR) is 49.4 cm³/mol. The van der Waals surface area contributed by atoms with Crippen LogP contribution in [0.25, 0.3) is 0 Å². The molecular formula is C7H7N3O2S. The van der Waals surface area contributed by atoms with E-state index in [0.29, 0.717) is 10.7 Å². The topological polar surface area (TPSA) is 69.2 Å². The summed E-state index contributed by atoms with van der Waals surface area (Å²) < 4.78 is 0. The predicted octanol–water partition coefficient (Wildman–Crippen LogP) is 0.103. The van der Waals surface area contributed by atoms with Crippen LogP contribution in [0.2, 0.25) is 0 Å². The molecule has 1 aliphatic heterocycles. The van der Waals surface area contributed by atoms with E-state index in [4.69, 9.17) is 5.11 Å². The van der Waals surface area contributed by atoms with Gasteiger partial charge < -0.3 is 15.0 Å². The Hall–Kier alpha value is -1.27. The average Bonchev–Trinajstić information content (AvgIpc) is 2.17. The molecule has 68 valence electrons. The summed E-state index contributed by atoms with van der Waals surface area (Å²) in [7, 11) is 0. The van der Waals surface area contributed by atoms with Crippen molar-refractivity contribution < 1.29 is 5.11 Å². The first kappa shape index (κ1) is 8.33. The summed E-state index contributed by atoms with van der Waals surface area (Å²) in [5, 5.41) is 11.3. The number of hydrogen-bond donors (Lipinski definition) is 2. The van der Waals surface area contributed by atoms with Crippen molar-refractivity contribution >= 4 is 17.4 Å². The van der Waals surface area contributed by atoms with Crippen molar-refractivity contribution in [3.8, 4) is 0 Å². The highest BCUT2D eigenvalue weighted by molar-refractivity contribution is 8.02. The molecule has 6 heteroatoms. The van der Waals surface area contributed by atoms with Crippen LogP contribution in [0.1, 0.15) is 0 Å². The van der Waals surface area contributed by atoms with Crippen molar-refractivity contribution in [3.63, 3.8) is 0 Å². The fourth-order valence-electron chi connectivity index (χ4n) is 1.08. The summed E-state index contributed by atoms with van der Waals surface area (Å²) in [4.78, 5) is 19.2. The Morgan fingerprint density at radius 2 is 2.54 bits per heavy atom. The van der Waals surface area contributed by atoms with Gasteiger partial charge in [-0.3, -0.25) is 4.79 Å². The fourth-order valence-corrected chi connectivity index (χ4v) is 1.85. The molecule has 0 saturated carbocycles. The minimum absolute atomic E-state index is 0.223. The summed E-state index contributed by atoms with van der Waals surface area (Å²) in [5.41, 5.74) is 0.161. The molecule has 1 aromatic heterocycles. The van der Waals surface area contributed by atoms with Crippen LogP contribution in [0.3, 0.4) is 0 Å². The number of aliphatic hydroxyl groups is 1. The molecular weight excluding hydrogens is 190 g/mol. The van der Waals surface area contributed by atoms with E-state index in [1.54, 1.807) is 11.6 Å². The Morgan fingerprint density at radius 3 is 3.31 bits per heavy atom. The molecule has 0 spiro atoms. The maximum Gasteiger partial charge on any atom is 0.275 e. The largest absolute Gasteiger partial charge is 0.376 e. The maximum atomic E-state index is 11.3. The lowest BCUT2D eigenvalue weighted by Gasteiger charge is -2.20. The molecule has 0 aliphatic carbocycles. The quantitative estimate of drug-likeness (QED) is 0.625. The van der Waals surface area contributed by atoms with Gasteiger partial charge in [-0.05, 0) is 5.41 Å². The number of aliphatic hydroxyl groups excluding tert-OH is 1. The Morgan fingerprint density at radius 1 is 1.69 bits per heavy atom. The van der Waals surface area contributed by atoms with Gasteiger partial charge in [0.2, 0.25) is 0 Å². The van der Waals surface area contributed by atoms with Gasteiger partial charge in [-0.1, -0.05) is 11.8 Å². The zero-order valence-corrected chi connectivity index (χ0v) is 7.41. The molecule has 2 heterocycles. The van der Waals surface area contributed by atoms with Gasteiger partial charge in [-0.25, -0.2) is 4.98 Å². The molecule has 13 heavy (non-hydrogen) atoms. The third-order valence-electron chi connectivity index (χ3n) is 1.66. The van der Waals surface area contributed by atoms with Gasteiger partial charge in [-0.2, -0.15) is 0 Å². The lowest BCUT2D eigenvalue weighted by atomic mass is 10.4. The first-order chi connectivity index (χ1) is 6.33. The van der Waals surface area contributed by atoms with Crippen LogP contribution in [0, 0.1) is 0 Å². The van der Waals surface area contributed by atoms with Crippen molar-refractivity contribution in [2.24, 2.45) is 0 Å². The van der Waals surface area contributed by atoms with Crippen molar-refractivity contribution in [2.75, 3.05) is 11.6 Å². The molecule has 0 atom stereocenters. The van der Waals surface area contributed by atoms with Crippen LogP contribution < -0.4 is 10.5 Å². The second-order valence-electron chi connectivity index (χ2n) is 2.40. The highest BCUT2D eigenvalue weighted by atomic mass is 32.2. The highest BCUT2D eigenvalue weighted by Gasteiger charge is 2.16. The Bertz CT molecular complexity index is 401. The van der Waals surface area contributed by atoms with Crippen LogP contribution >= 0.6 is 11.8 Å². The third-order valence-corrected chi connectivity index (χ3v) is 2.43. The fraction of sp³-hybridized carbons (Fsp3) is 0.143. The van der Waals surface area contributed by atoms with E-state index in [2.05, 4.69) is 9.97 Å². The smallest absolute Gasteiger partial charge is 0.275 e. The normalized spacial score (nSPS) is 14.4. The van der Waals surface area contributed by atoms with E-state index in [-0.39, 0.29) is 12.3 Å². The van der Waals surface area contributed by atoms with E-state index in [1.165, 1.54) is 23.0 Å². The summed E-state index contributed by atoms with van der Waals surface area (Å²) in [5.74, 6) is 0. The molecule has 2 rings (SSSR count). The van der Waals surface area contributed by atoms with Gasteiger partial charge in [-0.15, -0.1) is 0 Å². The van der Waals surface area contributed by atoms with E-state index in [1.807, 2.05) is 0 Å². The first-order valence-electron chi connectivity index (χ1n) is 3.61. The number of nitrogens with zero attached hydrogens (tertiary/aromatic N) is 2. The first-order valence-corrected chi connectivity index (χ1v) is 4.49. The molecule has 0 amide bonds. The molecule has 0 fully saturated rings. The summed E-state index contributed by atoms with van der Waals surface area (Å²) in [6.07, 6.45) is 2.99. The van der Waals surface area contributed by atoms with Gasteiger partial charge in [0, 0.05) is 6.20 Å². The Labute approximate surface area is 78.1 Å². The van der Waals surface area contributed by atoms with E-state index < -0.39 is 0 Å². The maximum absolute atomic E-state index is 11.3. The zero-order valence-electron chi connectivity index (χ0n) is 6.60. The number of rotatable bonds is 1. The number of aromatic nitrogens is 2. The highest BCUT2D eigenvalue weighted by Crippen LogP contribution is 2.29. The van der Waals surface area contributed by atoms with Gasteiger partial charge in [0.15, 0.2) is 0 Å². The van der Waals surface area contributed by atoms with Crippen LogP contribution in [0.15, 0.2) is 27.8 Å². The number of fused-ring (bicyclic) bond motifs is 1. The third kappa shape index (κ3) is 1.34. The van der Waals surface area contributed by atoms with Gasteiger partial charge in [0.05, 0.1) is 6.33 Å².